The SMILES string of the molecule is C=C(Cl)CN1CCC(NCCC)C1. The van der Waals surface area contributed by atoms with E-state index in [1.807, 2.05) is 0 Å². The van der Waals surface area contributed by atoms with E-state index >= 15 is 0 Å². The molecule has 0 radical (unpaired) electrons. The topological polar surface area (TPSA) is 15.3 Å². The average molecular weight is 203 g/mol. The minimum absolute atomic E-state index is 0.663. The second-order valence-corrected chi connectivity index (χ2v) is 4.23. The van der Waals surface area contributed by atoms with Crippen LogP contribution in [0.5, 0.6) is 0 Å². The first kappa shape index (κ1) is 11.0. The lowest BCUT2D eigenvalue weighted by atomic mass is 10.2. The lowest BCUT2D eigenvalue weighted by Crippen LogP contribution is -2.33. The summed E-state index contributed by atoms with van der Waals surface area (Å²) in [6.07, 6.45) is 2.45. The van der Waals surface area contributed by atoms with Gasteiger partial charge in [-0.05, 0) is 19.4 Å². The van der Waals surface area contributed by atoms with Crippen molar-refractivity contribution in [3.05, 3.63) is 11.6 Å². The lowest BCUT2D eigenvalue weighted by Gasteiger charge is -2.15. The predicted octanol–water partition coefficient (Wildman–Crippen LogP) is 1.81. The molecule has 1 heterocycles. The van der Waals surface area contributed by atoms with Crippen molar-refractivity contribution in [2.45, 2.75) is 25.8 Å². The number of rotatable bonds is 5. The molecule has 13 heavy (non-hydrogen) atoms. The smallest absolute Gasteiger partial charge is 0.0336 e. The van der Waals surface area contributed by atoms with Crippen LogP contribution in [0.25, 0.3) is 0 Å². The molecule has 0 aromatic carbocycles. The molecule has 76 valence electrons. The van der Waals surface area contributed by atoms with E-state index in [1.165, 1.54) is 12.8 Å². The highest BCUT2D eigenvalue weighted by Crippen LogP contribution is 2.11. The number of nitrogens with zero attached hydrogens (tertiary/aromatic N) is 1. The summed E-state index contributed by atoms with van der Waals surface area (Å²) in [7, 11) is 0. The Balaban J connectivity index is 2.16. The highest BCUT2D eigenvalue weighted by molar-refractivity contribution is 6.29. The second-order valence-electron chi connectivity index (χ2n) is 3.69. The average Bonchev–Trinajstić information content (AvgIpc) is 2.48. The fourth-order valence-corrected chi connectivity index (χ4v) is 1.90. The molecule has 3 heteroatoms. The van der Waals surface area contributed by atoms with E-state index in [4.69, 9.17) is 11.6 Å². The number of hydrogen-bond acceptors (Lipinski definition) is 2. The molecule has 0 aromatic rings. The summed E-state index contributed by atoms with van der Waals surface area (Å²) in [6, 6.07) is 0.663. The summed E-state index contributed by atoms with van der Waals surface area (Å²) < 4.78 is 0. The number of nitrogens with one attached hydrogen (secondary N) is 1. The molecule has 0 aliphatic carbocycles. The molecule has 0 aromatic heterocycles. The van der Waals surface area contributed by atoms with Gasteiger partial charge < -0.3 is 5.32 Å². The van der Waals surface area contributed by atoms with E-state index in [0.717, 1.165) is 31.2 Å². The molecule has 0 spiro atoms. The zero-order valence-electron chi connectivity index (χ0n) is 8.35. The monoisotopic (exact) mass is 202 g/mol. The summed E-state index contributed by atoms with van der Waals surface area (Å²) in [5, 5.41) is 4.27. The van der Waals surface area contributed by atoms with E-state index in [1.54, 1.807) is 0 Å². The molecule has 1 atom stereocenters. The first-order valence-corrected chi connectivity index (χ1v) is 5.39. The summed E-state index contributed by atoms with van der Waals surface area (Å²) in [6.45, 7) is 10.1. The van der Waals surface area contributed by atoms with E-state index < -0.39 is 0 Å². The van der Waals surface area contributed by atoms with Crippen molar-refractivity contribution < 1.29 is 0 Å². The quantitative estimate of drug-likeness (QED) is 0.732. The third kappa shape index (κ3) is 4.12. The molecule has 0 bridgehead atoms. The van der Waals surface area contributed by atoms with Gasteiger partial charge in [0.05, 0.1) is 0 Å². The van der Waals surface area contributed by atoms with Gasteiger partial charge in [0, 0.05) is 30.7 Å². The largest absolute Gasteiger partial charge is 0.313 e. The molecule has 0 amide bonds. The molecule has 2 nitrogen and oxygen atoms in total. The molecular weight excluding hydrogens is 184 g/mol. The third-order valence-electron chi connectivity index (χ3n) is 2.35. The maximum atomic E-state index is 5.75. The molecule has 1 rings (SSSR count). The van der Waals surface area contributed by atoms with Crippen LogP contribution < -0.4 is 5.32 Å². The Morgan fingerprint density at radius 2 is 2.46 bits per heavy atom. The second kappa shape index (κ2) is 5.63. The van der Waals surface area contributed by atoms with Crippen molar-refractivity contribution in [1.82, 2.24) is 10.2 Å². The Bertz CT molecular complexity index is 170. The predicted molar refractivity (Wildman–Crippen MR) is 58.1 cm³/mol. The zero-order valence-corrected chi connectivity index (χ0v) is 9.11. The van der Waals surface area contributed by atoms with Crippen molar-refractivity contribution in [3.63, 3.8) is 0 Å². The van der Waals surface area contributed by atoms with Gasteiger partial charge in [-0.1, -0.05) is 25.1 Å². The van der Waals surface area contributed by atoms with Crippen molar-refractivity contribution in [2.24, 2.45) is 0 Å². The van der Waals surface area contributed by atoms with Crippen molar-refractivity contribution in [3.8, 4) is 0 Å². The van der Waals surface area contributed by atoms with Crippen molar-refractivity contribution in [1.29, 1.82) is 0 Å². The van der Waals surface area contributed by atoms with Crippen LogP contribution in [0.1, 0.15) is 19.8 Å². The molecule has 1 unspecified atom stereocenters. The van der Waals surface area contributed by atoms with Crippen LogP contribution in [-0.4, -0.2) is 37.1 Å². The molecule has 1 aliphatic rings. The molecule has 1 N–H and O–H groups in total. The fraction of sp³-hybridized carbons (Fsp3) is 0.800. The van der Waals surface area contributed by atoms with Gasteiger partial charge in [0.15, 0.2) is 0 Å². The maximum Gasteiger partial charge on any atom is 0.0336 e. The minimum atomic E-state index is 0.663. The number of likely N-dealkylation sites (tertiary alicyclic amines) is 1. The highest BCUT2D eigenvalue weighted by atomic mass is 35.5. The normalized spacial score (nSPS) is 23.7. The first-order valence-electron chi connectivity index (χ1n) is 5.01. The lowest BCUT2D eigenvalue weighted by molar-refractivity contribution is 0.360. The minimum Gasteiger partial charge on any atom is -0.313 e. The van der Waals surface area contributed by atoms with E-state index in [9.17, 15) is 0 Å². The van der Waals surface area contributed by atoms with Gasteiger partial charge in [-0.2, -0.15) is 0 Å². The zero-order chi connectivity index (χ0) is 9.68. The Labute approximate surface area is 85.9 Å². The Kier molecular flexibility index (Phi) is 4.78. The third-order valence-corrected chi connectivity index (χ3v) is 2.47. The van der Waals surface area contributed by atoms with Crippen LogP contribution in [-0.2, 0) is 0 Å². The van der Waals surface area contributed by atoms with E-state index in [-0.39, 0.29) is 0 Å². The fourth-order valence-electron chi connectivity index (χ4n) is 1.73. The summed E-state index contributed by atoms with van der Waals surface area (Å²) in [5.41, 5.74) is 0. The molecule has 1 fully saturated rings. The van der Waals surface area contributed by atoms with Gasteiger partial charge in [0.25, 0.3) is 0 Å². The van der Waals surface area contributed by atoms with Gasteiger partial charge in [-0.15, -0.1) is 0 Å². The van der Waals surface area contributed by atoms with Crippen LogP contribution in [0.4, 0.5) is 0 Å². The Hall–Kier alpha value is -0.0500. The van der Waals surface area contributed by atoms with Crippen molar-refractivity contribution in [2.75, 3.05) is 26.2 Å². The van der Waals surface area contributed by atoms with Crippen LogP contribution in [0.3, 0.4) is 0 Å². The first-order chi connectivity index (χ1) is 6.22. The summed E-state index contributed by atoms with van der Waals surface area (Å²) in [4.78, 5) is 2.35. The van der Waals surface area contributed by atoms with Crippen LogP contribution in [0.15, 0.2) is 11.6 Å². The van der Waals surface area contributed by atoms with Gasteiger partial charge in [-0.25, -0.2) is 0 Å². The maximum absolute atomic E-state index is 5.75. The van der Waals surface area contributed by atoms with E-state index in [2.05, 4.69) is 23.7 Å². The molecule has 1 saturated heterocycles. The summed E-state index contributed by atoms with van der Waals surface area (Å²) >= 11 is 5.75. The van der Waals surface area contributed by atoms with Crippen LogP contribution in [0.2, 0.25) is 0 Å². The van der Waals surface area contributed by atoms with Crippen LogP contribution in [0, 0.1) is 0 Å². The molecular formula is C10H19ClN2. The van der Waals surface area contributed by atoms with Gasteiger partial charge in [0.1, 0.15) is 0 Å². The van der Waals surface area contributed by atoms with Gasteiger partial charge in [-0.3, -0.25) is 4.90 Å². The highest BCUT2D eigenvalue weighted by Gasteiger charge is 2.21. The molecule has 0 saturated carbocycles. The standard InChI is InChI=1S/C10H19ClN2/c1-3-5-12-10-4-6-13(8-10)7-9(2)11/h10,12H,2-8H2,1H3. The Morgan fingerprint density at radius 3 is 3.08 bits per heavy atom. The van der Waals surface area contributed by atoms with Gasteiger partial charge in [0.2, 0.25) is 0 Å². The molecule has 1 aliphatic heterocycles. The van der Waals surface area contributed by atoms with E-state index in [0.29, 0.717) is 6.04 Å². The van der Waals surface area contributed by atoms with Crippen LogP contribution >= 0.6 is 11.6 Å². The van der Waals surface area contributed by atoms with Crippen molar-refractivity contribution >= 4 is 11.6 Å². The number of hydrogen-bond donors (Lipinski definition) is 1. The summed E-state index contributed by atoms with van der Waals surface area (Å²) in [5.74, 6) is 0. The Morgan fingerprint density at radius 1 is 1.69 bits per heavy atom. The number of halogens is 1. The van der Waals surface area contributed by atoms with Gasteiger partial charge >= 0.3 is 0 Å².